The second-order valence-corrected chi connectivity index (χ2v) is 4.47. The molecule has 1 aromatic carbocycles. The summed E-state index contributed by atoms with van der Waals surface area (Å²) >= 11 is 0. The molecule has 0 bridgehead atoms. The second-order valence-electron chi connectivity index (χ2n) is 4.47. The lowest BCUT2D eigenvalue weighted by molar-refractivity contribution is 0.0820. The Bertz CT molecular complexity index is 453. The zero-order valence-corrected chi connectivity index (χ0v) is 10.4. The molecule has 0 radical (unpaired) electrons. The van der Waals surface area contributed by atoms with E-state index >= 15 is 0 Å². The first-order valence-corrected chi connectivity index (χ1v) is 6.18. The third-order valence-electron chi connectivity index (χ3n) is 3.08. The van der Waals surface area contributed by atoms with Crippen LogP contribution in [0.1, 0.15) is 25.3 Å². The highest BCUT2D eigenvalue weighted by atomic mass is 19.1. The van der Waals surface area contributed by atoms with Gasteiger partial charge in [-0.1, -0.05) is 25.5 Å². The average Bonchev–Trinajstić information content (AvgIpc) is 2.40. The lowest BCUT2D eigenvalue weighted by atomic mass is 9.74. The van der Waals surface area contributed by atoms with Crippen LogP contribution >= 0.6 is 0 Å². The molecule has 0 spiro atoms. The molecule has 2 rings (SSSR count). The van der Waals surface area contributed by atoms with Crippen molar-refractivity contribution in [1.82, 2.24) is 0 Å². The predicted octanol–water partition coefficient (Wildman–Crippen LogP) is 1.86. The normalized spacial score (nSPS) is 16.6. The third kappa shape index (κ3) is 2.71. The molecule has 1 saturated heterocycles. The lowest BCUT2D eigenvalue weighted by Crippen LogP contribution is -2.45. The van der Waals surface area contributed by atoms with Crippen LogP contribution in [0.5, 0.6) is 0 Å². The van der Waals surface area contributed by atoms with E-state index in [0.29, 0.717) is 24.6 Å². The number of halogens is 1. The molecule has 1 aromatic rings. The molecule has 0 atom stereocenters. The molecule has 1 fully saturated rings. The SMILES string of the molecule is CCCC1COB(c2cccc(F)c2C#N)OC1. The van der Waals surface area contributed by atoms with E-state index in [1.54, 1.807) is 12.1 Å². The summed E-state index contributed by atoms with van der Waals surface area (Å²) in [4.78, 5) is 0. The first-order valence-electron chi connectivity index (χ1n) is 6.18. The minimum Gasteiger partial charge on any atom is -0.407 e. The Morgan fingerprint density at radius 1 is 1.44 bits per heavy atom. The van der Waals surface area contributed by atoms with Crippen LogP contribution in [-0.2, 0) is 9.31 Å². The smallest absolute Gasteiger partial charge is 0.407 e. The van der Waals surface area contributed by atoms with Crippen LogP contribution < -0.4 is 5.46 Å². The van der Waals surface area contributed by atoms with Crippen molar-refractivity contribution in [3.05, 3.63) is 29.6 Å². The van der Waals surface area contributed by atoms with Gasteiger partial charge in [-0.25, -0.2) is 4.39 Å². The van der Waals surface area contributed by atoms with Crippen LogP contribution in [0.4, 0.5) is 4.39 Å². The average molecular weight is 247 g/mol. The van der Waals surface area contributed by atoms with E-state index in [0.717, 1.165) is 12.8 Å². The van der Waals surface area contributed by atoms with E-state index in [9.17, 15) is 4.39 Å². The molecule has 0 saturated carbocycles. The maximum Gasteiger partial charge on any atom is 0.495 e. The van der Waals surface area contributed by atoms with Gasteiger partial charge in [0.05, 0.1) is 5.56 Å². The monoisotopic (exact) mass is 247 g/mol. The largest absolute Gasteiger partial charge is 0.495 e. The molecule has 0 amide bonds. The Balaban J connectivity index is 2.10. The number of nitrogens with zero attached hydrogens (tertiary/aromatic N) is 1. The fourth-order valence-corrected chi connectivity index (χ4v) is 2.15. The highest BCUT2D eigenvalue weighted by molar-refractivity contribution is 6.62. The zero-order chi connectivity index (χ0) is 13.0. The number of hydrogen-bond donors (Lipinski definition) is 0. The van der Waals surface area contributed by atoms with Crippen LogP contribution in [0.2, 0.25) is 0 Å². The molecule has 3 nitrogen and oxygen atoms in total. The predicted molar refractivity (Wildman–Crippen MR) is 66.8 cm³/mol. The molecule has 0 N–H and O–H groups in total. The summed E-state index contributed by atoms with van der Waals surface area (Å²) in [6.07, 6.45) is 2.15. The Morgan fingerprint density at radius 3 is 2.78 bits per heavy atom. The van der Waals surface area contributed by atoms with Crippen molar-refractivity contribution in [2.45, 2.75) is 19.8 Å². The molecule has 0 unspecified atom stereocenters. The first-order chi connectivity index (χ1) is 8.76. The molecular weight excluding hydrogens is 232 g/mol. The third-order valence-corrected chi connectivity index (χ3v) is 3.08. The highest BCUT2D eigenvalue weighted by Crippen LogP contribution is 2.15. The van der Waals surface area contributed by atoms with Gasteiger partial charge >= 0.3 is 7.12 Å². The Kier molecular flexibility index (Phi) is 4.35. The van der Waals surface area contributed by atoms with Crippen molar-refractivity contribution in [2.24, 2.45) is 5.92 Å². The summed E-state index contributed by atoms with van der Waals surface area (Å²) in [7, 11) is -0.622. The summed E-state index contributed by atoms with van der Waals surface area (Å²) in [6, 6.07) is 6.37. The molecule has 5 heteroatoms. The number of nitriles is 1. The highest BCUT2D eigenvalue weighted by Gasteiger charge is 2.31. The van der Waals surface area contributed by atoms with Crippen LogP contribution in [0.25, 0.3) is 0 Å². The van der Waals surface area contributed by atoms with Gasteiger partial charge in [-0.15, -0.1) is 0 Å². The van der Waals surface area contributed by atoms with Crippen molar-refractivity contribution in [1.29, 1.82) is 5.26 Å². The fraction of sp³-hybridized carbons (Fsp3) is 0.462. The second kappa shape index (κ2) is 5.99. The van der Waals surface area contributed by atoms with Crippen LogP contribution in [0.3, 0.4) is 0 Å². The van der Waals surface area contributed by atoms with E-state index in [2.05, 4.69) is 6.92 Å². The quantitative estimate of drug-likeness (QED) is 0.765. The molecule has 18 heavy (non-hydrogen) atoms. The maximum absolute atomic E-state index is 13.5. The van der Waals surface area contributed by atoms with Crippen LogP contribution in [0.15, 0.2) is 18.2 Å². The van der Waals surface area contributed by atoms with Gasteiger partial charge in [-0.2, -0.15) is 5.26 Å². The summed E-state index contributed by atoms with van der Waals surface area (Å²) in [5.41, 5.74) is 0.490. The number of rotatable bonds is 3. The zero-order valence-electron chi connectivity index (χ0n) is 10.4. The summed E-state index contributed by atoms with van der Waals surface area (Å²) in [6.45, 7) is 3.31. The van der Waals surface area contributed by atoms with Crippen molar-refractivity contribution < 1.29 is 13.7 Å². The van der Waals surface area contributed by atoms with Gasteiger partial charge < -0.3 is 9.31 Å². The van der Waals surface area contributed by atoms with Crippen LogP contribution in [0, 0.1) is 23.1 Å². The first kappa shape index (κ1) is 13.1. The van der Waals surface area contributed by atoms with E-state index in [-0.39, 0.29) is 5.56 Å². The van der Waals surface area contributed by atoms with Crippen molar-refractivity contribution >= 4 is 12.6 Å². The molecular formula is C13H15BFNO2. The van der Waals surface area contributed by atoms with Gasteiger partial charge in [0.1, 0.15) is 11.9 Å². The van der Waals surface area contributed by atoms with Gasteiger partial charge in [-0.05, 0) is 12.5 Å². The van der Waals surface area contributed by atoms with Crippen molar-refractivity contribution in [2.75, 3.05) is 13.2 Å². The van der Waals surface area contributed by atoms with E-state index in [4.69, 9.17) is 14.6 Å². The van der Waals surface area contributed by atoms with Crippen LogP contribution in [-0.4, -0.2) is 20.3 Å². The summed E-state index contributed by atoms with van der Waals surface area (Å²) in [5.74, 6) is -0.136. The van der Waals surface area contributed by atoms with E-state index in [1.165, 1.54) is 6.07 Å². The minimum absolute atomic E-state index is 0.0106. The number of benzene rings is 1. The fourth-order valence-electron chi connectivity index (χ4n) is 2.15. The maximum atomic E-state index is 13.5. The minimum atomic E-state index is -0.622. The molecule has 1 aliphatic rings. The van der Waals surface area contributed by atoms with E-state index in [1.807, 2.05) is 6.07 Å². The Labute approximate surface area is 107 Å². The van der Waals surface area contributed by atoms with Crippen molar-refractivity contribution in [3.8, 4) is 6.07 Å². The molecule has 0 aromatic heterocycles. The molecule has 1 aliphatic heterocycles. The molecule has 94 valence electrons. The summed E-state index contributed by atoms with van der Waals surface area (Å²) < 4.78 is 24.6. The Morgan fingerprint density at radius 2 is 2.17 bits per heavy atom. The number of hydrogen-bond acceptors (Lipinski definition) is 3. The topological polar surface area (TPSA) is 42.2 Å². The van der Waals surface area contributed by atoms with Gasteiger partial charge in [0.2, 0.25) is 0 Å². The van der Waals surface area contributed by atoms with E-state index < -0.39 is 12.9 Å². The van der Waals surface area contributed by atoms with Gasteiger partial charge in [-0.3, -0.25) is 0 Å². The van der Waals surface area contributed by atoms with Crippen molar-refractivity contribution in [3.63, 3.8) is 0 Å². The molecule has 0 aliphatic carbocycles. The summed E-state index contributed by atoms with van der Waals surface area (Å²) in [5, 5.41) is 8.97. The standard InChI is InChI=1S/C13H15BFNO2/c1-2-4-10-8-17-14(18-9-10)12-5-3-6-13(15)11(12)7-16/h3,5-6,10H,2,4,8-9H2,1H3. The van der Waals surface area contributed by atoms with Gasteiger partial charge in [0.15, 0.2) is 0 Å². The molecule has 1 heterocycles. The van der Waals surface area contributed by atoms with Gasteiger partial charge in [0.25, 0.3) is 0 Å². The Hall–Kier alpha value is -1.38. The lowest BCUT2D eigenvalue weighted by Gasteiger charge is -2.27. The van der Waals surface area contributed by atoms with Gasteiger partial charge in [0, 0.05) is 24.6 Å².